The Hall–Kier alpha value is -3.45. The molecule has 0 heterocycles. The van der Waals surface area contributed by atoms with Crippen molar-refractivity contribution in [2.45, 2.75) is 19.3 Å². The normalized spacial score (nSPS) is 12.2. The summed E-state index contributed by atoms with van der Waals surface area (Å²) in [4.78, 5) is 0. The van der Waals surface area contributed by atoms with Gasteiger partial charge in [-0.1, -0.05) is 110 Å². The SMILES string of the molecule is CC(Cc1ccc(/C=C/c2ccc(-c3ccc(F)cc3)cc2)cc1)c1ccccc1. The Morgan fingerprint density at radius 1 is 0.633 bits per heavy atom. The molecule has 1 atom stereocenters. The van der Waals surface area contributed by atoms with E-state index in [1.165, 1.54) is 28.8 Å². The highest BCUT2D eigenvalue weighted by Gasteiger charge is 2.06. The fourth-order valence-electron chi connectivity index (χ4n) is 3.64. The summed E-state index contributed by atoms with van der Waals surface area (Å²) in [5.41, 5.74) is 7.17. The maximum atomic E-state index is 13.1. The van der Waals surface area contributed by atoms with E-state index in [1.807, 2.05) is 0 Å². The minimum atomic E-state index is -0.209. The van der Waals surface area contributed by atoms with E-state index in [1.54, 1.807) is 12.1 Å². The fraction of sp³-hybridized carbons (Fsp3) is 0.103. The zero-order chi connectivity index (χ0) is 20.8. The number of hydrogen-bond acceptors (Lipinski definition) is 0. The van der Waals surface area contributed by atoms with Crippen LogP contribution in [0.1, 0.15) is 35.1 Å². The Balaban J connectivity index is 1.38. The highest BCUT2D eigenvalue weighted by Crippen LogP contribution is 2.22. The number of rotatable bonds is 6. The minimum Gasteiger partial charge on any atom is -0.207 e. The Morgan fingerprint density at radius 3 is 1.70 bits per heavy atom. The molecule has 0 radical (unpaired) electrons. The number of hydrogen-bond donors (Lipinski definition) is 0. The van der Waals surface area contributed by atoms with Gasteiger partial charge in [-0.2, -0.15) is 0 Å². The van der Waals surface area contributed by atoms with E-state index in [9.17, 15) is 4.39 Å². The first-order chi connectivity index (χ1) is 14.7. The van der Waals surface area contributed by atoms with Crippen molar-refractivity contribution < 1.29 is 4.39 Å². The maximum Gasteiger partial charge on any atom is 0.123 e. The van der Waals surface area contributed by atoms with Gasteiger partial charge in [-0.3, -0.25) is 0 Å². The summed E-state index contributed by atoms with van der Waals surface area (Å²) in [7, 11) is 0. The average molecular weight is 393 g/mol. The first-order valence-electron chi connectivity index (χ1n) is 10.4. The quantitative estimate of drug-likeness (QED) is 0.292. The lowest BCUT2D eigenvalue weighted by Gasteiger charge is -2.12. The monoisotopic (exact) mass is 392 g/mol. The van der Waals surface area contributed by atoms with Gasteiger partial charge in [-0.15, -0.1) is 0 Å². The molecule has 0 amide bonds. The van der Waals surface area contributed by atoms with Crippen LogP contribution in [0.5, 0.6) is 0 Å². The van der Waals surface area contributed by atoms with Crippen LogP contribution in [0.3, 0.4) is 0 Å². The molecule has 0 fully saturated rings. The molecule has 0 nitrogen and oxygen atoms in total. The van der Waals surface area contributed by atoms with Crippen LogP contribution in [0, 0.1) is 5.82 Å². The van der Waals surface area contributed by atoms with Crippen LogP contribution < -0.4 is 0 Å². The van der Waals surface area contributed by atoms with Gasteiger partial charge >= 0.3 is 0 Å². The summed E-state index contributed by atoms with van der Waals surface area (Å²) in [5.74, 6) is 0.297. The molecule has 0 saturated carbocycles. The zero-order valence-corrected chi connectivity index (χ0v) is 17.1. The van der Waals surface area contributed by atoms with Gasteiger partial charge in [0.05, 0.1) is 0 Å². The molecule has 4 aromatic rings. The lowest BCUT2D eigenvalue weighted by molar-refractivity contribution is 0.628. The van der Waals surface area contributed by atoms with E-state index in [2.05, 4.69) is 97.9 Å². The van der Waals surface area contributed by atoms with Crippen molar-refractivity contribution in [2.75, 3.05) is 0 Å². The average Bonchev–Trinajstić information content (AvgIpc) is 2.80. The third-order valence-electron chi connectivity index (χ3n) is 5.45. The summed E-state index contributed by atoms with van der Waals surface area (Å²) in [5, 5.41) is 0. The lowest BCUT2D eigenvalue weighted by Crippen LogP contribution is -1.98. The summed E-state index contributed by atoms with van der Waals surface area (Å²) >= 11 is 0. The van der Waals surface area contributed by atoms with Crippen molar-refractivity contribution in [3.63, 3.8) is 0 Å². The molecule has 30 heavy (non-hydrogen) atoms. The third kappa shape index (κ3) is 5.12. The number of halogens is 1. The van der Waals surface area contributed by atoms with Gasteiger partial charge in [0.1, 0.15) is 5.82 Å². The Bertz CT molecular complexity index is 1090. The summed E-state index contributed by atoms with van der Waals surface area (Å²) in [6, 6.07) is 34.4. The van der Waals surface area contributed by atoms with Crippen LogP contribution >= 0.6 is 0 Å². The molecule has 0 bridgehead atoms. The summed E-state index contributed by atoms with van der Waals surface area (Å²) in [6.07, 6.45) is 5.30. The van der Waals surface area contributed by atoms with Crippen molar-refractivity contribution in [1.29, 1.82) is 0 Å². The molecule has 0 saturated heterocycles. The van der Waals surface area contributed by atoms with Gasteiger partial charge in [0.25, 0.3) is 0 Å². The molecular weight excluding hydrogens is 367 g/mol. The topological polar surface area (TPSA) is 0 Å². The van der Waals surface area contributed by atoms with E-state index in [0.29, 0.717) is 5.92 Å². The van der Waals surface area contributed by atoms with Crippen molar-refractivity contribution in [2.24, 2.45) is 0 Å². The highest BCUT2D eigenvalue weighted by atomic mass is 19.1. The van der Waals surface area contributed by atoms with Crippen molar-refractivity contribution in [3.8, 4) is 11.1 Å². The molecule has 0 N–H and O–H groups in total. The summed E-state index contributed by atoms with van der Waals surface area (Å²) < 4.78 is 13.1. The van der Waals surface area contributed by atoms with Gasteiger partial charge in [0.15, 0.2) is 0 Å². The van der Waals surface area contributed by atoms with Gasteiger partial charge in [0, 0.05) is 0 Å². The molecule has 4 rings (SSSR count). The molecular formula is C29H25F. The Morgan fingerprint density at radius 2 is 1.13 bits per heavy atom. The predicted molar refractivity (Wildman–Crippen MR) is 126 cm³/mol. The van der Waals surface area contributed by atoms with Gasteiger partial charge in [-0.25, -0.2) is 4.39 Å². The summed E-state index contributed by atoms with van der Waals surface area (Å²) in [6.45, 7) is 2.28. The van der Waals surface area contributed by atoms with E-state index in [4.69, 9.17) is 0 Å². The molecule has 0 aliphatic heterocycles. The second-order valence-electron chi connectivity index (χ2n) is 7.72. The molecule has 0 aromatic heterocycles. The molecule has 0 aliphatic carbocycles. The van der Waals surface area contributed by atoms with Crippen LogP contribution in [0.25, 0.3) is 23.3 Å². The third-order valence-corrected chi connectivity index (χ3v) is 5.45. The van der Waals surface area contributed by atoms with Gasteiger partial charge < -0.3 is 0 Å². The van der Waals surface area contributed by atoms with Crippen LogP contribution in [-0.4, -0.2) is 0 Å². The zero-order valence-electron chi connectivity index (χ0n) is 17.1. The van der Waals surface area contributed by atoms with Crippen LogP contribution in [0.15, 0.2) is 103 Å². The molecule has 0 aliphatic rings. The second kappa shape index (κ2) is 9.37. The first kappa shape index (κ1) is 19.8. The largest absolute Gasteiger partial charge is 0.207 e. The fourth-order valence-corrected chi connectivity index (χ4v) is 3.64. The van der Waals surface area contributed by atoms with E-state index in [-0.39, 0.29) is 5.82 Å². The predicted octanol–water partition coefficient (Wildman–Crippen LogP) is 8.01. The minimum absolute atomic E-state index is 0.209. The first-order valence-corrected chi connectivity index (χ1v) is 10.4. The molecule has 1 heteroatoms. The van der Waals surface area contributed by atoms with Crippen molar-refractivity contribution >= 4 is 12.2 Å². The van der Waals surface area contributed by atoms with Crippen molar-refractivity contribution in [1.82, 2.24) is 0 Å². The van der Waals surface area contributed by atoms with E-state index >= 15 is 0 Å². The van der Waals surface area contributed by atoms with Gasteiger partial charge in [0.2, 0.25) is 0 Å². The number of benzene rings is 4. The molecule has 0 spiro atoms. The Labute approximate surface area is 178 Å². The van der Waals surface area contributed by atoms with Crippen LogP contribution in [-0.2, 0) is 6.42 Å². The Kier molecular flexibility index (Phi) is 6.20. The maximum absolute atomic E-state index is 13.1. The highest BCUT2D eigenvalue weighted by molar-refractivity contribution is 5.72. The van der Waals surface area contributed by atoms with E-state index < -0.39 is 0 Å². The molecule has 148 valence electrons. The van der Waals surface area contributed by atoms with Crippen LogP contribution in [0.4, 0.5) is 4.39 Å². The second-order valence-corrected chi connectivity index (χ2v) is 7.72. The molecule has 4 aromatic carbocycles. The van der Waals surface area contributed by atoms with Crippen LogP contribution in [0.2, 0.25) is 0 Å². The molecule has 1 unspecified atom stereocenters. The lowest BCUT2D eigenvalue weighted by atomic mass is 9.93. The van der Waals surface area contributed by atoms with E-state index in [0.717, 1.165) is 23.1 Å². The smallest absolute Gasteiger partial charge is 0.123 e. The standard InChI is InChI=1S/C29H25F/c1-22(26-5-3-2-4-6-26)21-25-11-9-23(10-12-25)7-8-24-13-15-27(16-14-24)28-17-19-29(30)20-18-28/h2-20,22H,21H2,1H3/b8-7+. The van der Waals surface area contributed by atoms with Crippen molar-refractivity contribution in [3.05, 3.63) is 131 Å². The van der Waals surface area contributed by atoms with Gasteiger partial charge in [-0.05, 0) is 57.9 Å².